The first-order valence-electron chi connectivity index (χ1n) is 7.16. The van der Waals surface area contributed by atoms with E-state index < -0.39 is 0 Å². The SMILES string of the molecule is CCC1CCC(N)C(SCC2CCCC2)C1. The van der Waals surface area contributed by atoms with Crippen LogP contribution in [0.5, 0.6) is 0 Å². The molecule has 16 heavy (non-hydrogen) atoms. The minimum absolute atomic E-state index is 0.481. The van der Waals surface area contributed by atoms with Crippen molar-refractivity contribution >= 4 is 11.8 Å². The standard InChI is InChI=1S/C14H27NS/c1-2-11-7-8-13(15)14(9-11)16-10-12-5-3-4-6-12/h11-14H,2-10,15H2,1H3. The second-order valence-corrected chi connectivity index (χ2v) is 7.05. The fraction of sp³-hybridized carbons (Fsp3) is 1.00. The second kappa shape index (κ2) is 6.30. The molecule has 2 fully saturated rings. The molecule has 2 N–H and O–H groups in total. The first kappa shape index (κ1) is 12.8. The molecule has 3 unspecified atom stereocenters. The summed E-state index contributed by atoms with van der Waals surface area (Å²) in [6.45, 7) is 2.33. The molecule has 2 aliphatic carbocycles. The molecule has 0 heterocycles. The van der Waals surface area contributed by atoms with Crippen molar-refractivity contribution in [1.29, 1.82) is 0 Å². The number of nitrogens with two attached hydrogens (primary N) is 1. The summed E-state index contributed by atoms with van der Waals surface area (Å²) in [6, 6.07) is 0.481. The predicted octanol–water partition coefficient (Wildman–Crippen LogP) is 3.82. The summed E-state index contributed by atoms with van der Waals surface area (Å²) in [5, 5.41) is 0.763. The van der Waals surface area contributed by atoms with E-state index in [-0.39, 0.29) is 0 Å². The molecule has 0 radical (unpaired) electrons. The highest BCUT2D eigenvalue weighted by Gasteiger charge is 2.28. The molecule has 0 aliphatic heterocycles. The highest BCUT2D eigenvalue weighted by Crippen LogP contribution is 2.36. The van der Waals surface area contributed by atoms with Gasteiger partial charge in [0.1, 0.15) is 0 Å². The third kappa shape index (κ3) is 3.40. The molecule has 0 amide bonds. The van der Waals surface area contributed by atoms with E-state index in [4.69, 9.17) is 5.73 Å². The third-order valence-corrected chi connectivity index (χ3v) is 6.18. The van der Waals surface area contributed by atoms with Gasteiger partial charge >= 0.3 is 0 Å². The van der Waals surface area contributed by atoms with Crippen LogP contribution in [0, 0.1) is 11.8 Å². The molecule has 0 aromatic rings. The van der Waals surface area contributed by atoms with Crippen LogP contribution < -0.4 is 5.73 Å². The summed E-state index contributed by atoms with van der Waals surface area (Å²) in [6.07, 6.45) is 11.3. The van der Waals surface area contributed by atoms with Crippen LogP contribution in [-0.2, 0) is 0 Å². The minimum Gasteiger partial charge on any atom is -0.327 e. The van der Waals surface area contributed by atoms with Gasteiger partial charge in [0.05, 0.1) is 0 Å². The van der Waals surface area contributed by atoms with Gasteiger partial charge < -0.3 is 5.73 Å². The van der Waals surface area contributed by atoms with E-state index in [1.807, 2.05) is 0 Å². The van der Waals surface area contributed by atoms with Crippen molar-refractivity contribution in [3.63, 3.8) is 0 Å². The van der Waals surface area contributed by atoms with Crippen molar-refractivity contribution in [3.05, 3.63) is 0 Å². The molecule has 2 rings (SSSR count). The Hall–Kier alpha value is 0.310. The second-order valence-electron chi connectivity index (χ2n) is 5.77. The lowest BCUT2D eigenvalue weighted by Gasteiger charge is -2.33. The van der Waals surface area contributed by atoms with Crippen molar-refractivity contribution in [3.8, 4) is 0 Å². The van der Waals surface area contributed by atoms with Gasteiger partial charge in [-0.25, -0.2) is 0 Å². The summed E-state index contributed by atoms with van der Waals surface area (Å²) in [7, 11) is 0. The van der Waals surface area contributed by atoms with Crippen LogP contribution in [0.25, 0.3) is 0 Å². The maximum atomic E-state index is 6.26. The Morgan fingerprint density at radius 2 is 1.81 bits per heavy atom. The molecule has 2 aliphatic rings. The Morgan fingerprint density at radius 3 is 2.50 bits per heavy atom. The van der Waals surface area contributed by atoms with E-state index >= 15 is 0 Å². The first-order chi connectivity index (χ1) is 7.79. The number of hydrogen-bond donors (Lipinski definition) is 1. The lowest BCUT2D eigenvalue weighted by Crippen LogP contribution is -2.38. The molecule has 2 saturated carbocycles. The van der Waals surface area contributed by atoms with Crippen LogP contribution in [0.15, 0.2) is 0 Å². The maximum absolute atomic E-state index is 6.26. The average molecular weight is 241 g/mol. The zero-order valence-electron chi connectivity index (χ0n) is 10.7. The van der Waals surface area contributed by atoms with E-state index in [0.29, 0.717) is 6.04 Å². The third-order valence-electron chi connectivity index (χ3n) is 4.55. The molecule has 94 valence electrons. The average Bonchev–Trinajstić information content (AvgIpc) is 2.81. The van der Waals surface area contributed by atoms with Gasteiger partial charge in [-0.15, -0.1) is 0 Å². The molecule has 0 bridgehead atoms. The van der Waals surface area contributed by atoms with Gasteiger partial charge in [0.2, 0.25) is 0 Å². The van der Waals surface area contributed by atoms with E-state index in [1.54, 1.807) is 0 Å². The summed E-state index contributed by atoms with van der Waals surface area (Å²) in [5.74, 6) is 3.36. The molecular weight excluding hydrogens is 214 g/mol. The number of rotatable bonds is 4. The topological polar surface area (TPSA) is 26.0 Å². The van der Waals surface area contributed by atoms with E-state index in [1.165, 1.54) is 57.1 Å². The molecule has 0 aromatic heterocycles. The van der Waals surface area contributed by atoms with Crippen LogP contribution in [0.4, 0.5) is 0 Å². The number of hydrogen-bond acceptors (Lipinski definition) is 2. The van der Waals surface area contributed by atoms with Gasteiger partial charge in [-0.3, -0.25) is 0 Å². The molecular formula is C14H27NS. The van der Waals surface area contributed by atoms with Gasteiger partial charge in [-0.1, -0.05) is 26.2 Å². The predicted molar refractivity (Wildman–Crippen MR) is 73.8 cm³/mol. The van der Waals surface area contributed by atoms with Gasteiger partial charge in [-0.2, -0.15) is 11.8 Å². The molecule has 0 aromatic carbocycles. The Bertz CT molecular complexity index is 201. The summed E-state index contributed by atoms with van der Waals surface area (Å²) < 4.78 is 0. The van der Waals surface area contributed by atoms with Crippen LogP contribution in [0.3, 0.4) is 0 Å². The normalized spacial score (nSPS) is 36.8. The van der Waals surface area contributed by atoms with Crippen LogP contribution in [0.1, 0.15) is 58.3 Å². The quantitative estimate of drug-likeness (QED) is 0.810. The molecule has 0 spiro atoms. The number of thioether (sulfide) groups is 1. The monoisotopic (exact) mass is 241 g/mol. The van der Waals surface area contributed by atoms with Crippen molar-refractivity contribution in [2.45, 2.75) is 69.6 Å². The smallest absolute Gasteiger partial charge is 0.0201 e. The maximum Gasteiger partial charge on any atom is 0.0201 e. The van der Waals surface area contributed by atoms with Gasteiger partial charge in [0.15, 0.2) is 0 Å². The Morgan fingerprint density at radius 1 is 1.06 bits per heavy atom. The van der Waals surface area contributed by atoms with Crippen molar-refractivity contribution in [2.24, 2.45) is 17.6 Å². The van der Waals surface area contributed by atoms with Gasteiger partial charge in [-0.05, 0) is 49.7 Å². The molecule has 3 atom stereocenters. The first-order valence-corrected chi connectivity index (χ1v) is 8.21. The summed E-state index contributed by atoms with van der Waals surface area (Å²) in [5.41, 5.74) is 6.26. The van der Waals surface area contributed by atoms with Crippen LogP contribution in [-0.4, -0.2) is 17.0 Å². The van der Waals surface area contributed by atoms with Gasteiger partial charge in [0, 0.05) is 11.3 Å². The van der Waals surface area contributed by atoms with Crippen LogP contribution in [0.2, 0.25) is 0 Å². The Kier molecular flexibility index (Phi) is 5.02. The fourth-order valence-electron chi connectivity index (χ4n) is 3.23. The van der Waals surface area contributed by atoms with E-state index in [0.717, 1.165) is 17.1 Å². The fourth-order valence-corrected chi connectivity index (χ4v) is 4.88. The Labute approximate surface area is 105 Å². The molecule has 2 heteroatoms. The zero-order valence-corrected chi connectivity index (χ0v) is 11.5. The van der Waals surface area contributed by atoms with Crippen molar-refractivity contribution in [1.82, 2.24) is 0 Å². The van der Waals surface area contributed by atoms with Crippen molar-refractivity contribution in [2.75, 3.05) is 5.75 Å². The Balaban J connectivity index is 1.73. The van der Waals surface area contributed by atoms with E-state index in [2.05, 4.69) is 18.7 Å². The highest BCUT2D eigenvalue weighted by atomic mass is 32.2. The summed E-state index contributed by atoms with van der Waals surface area (Å²) >= 11 is 2.20. The summed E-state index contributed by atoms with van der Waals surface area (Å²) in [4.78, 5) is 0. The molecule has 0 saturated heterocycles. The lowest BCUT2D eigenvalue weighted by molar-refractivity contribution is 0.327. The lowest BCUT2D eigenvalue weighted by atomic mass is 9.84. The van der Waals surface area contributed by atoms with Gasteiger partial charge in [0.25, 0.3) is 0 Å². The largest absolute Gasteiger partial charge is 0.327 e. The van der Waals surface area contributed by atoms with E-state index in [9.17, 15) is 0 Å². The minimum atomic E-state index is 0.481. The highest BCUT2D eigenvalue weighted by molar-refractivity contribution is 7.99. The van der Waals surface area contributed by atoms with Crippen molar-refractivity contribution < 1.29 is 0 Å². The zero-order chi connectivity index (χ0) is 11.4. The molecule has 1 nitrogen and oxygen atoms in total. The van der Waals surface area contributed by atoms with Crippen LogP contribution >= 0.6 is 11.8 Å².